The Kier molecular flexibility index (Phi) is 4.76. The summed E-state index contributed by atoms with van der Waals surface area (Å²) in [6.07, 6.45) is 8.24. The lowest BCUT2D eigenvalue weighted by atomic mass is 9.47. The van der Waals surface area contributed by atoms with E-state index >= 15 is 0 Å². The fraction of sp³-hybridized carbons (Fsp3) is 0.760. The quantitative estimate of drug-likeness (QED) is 0.612. The molecule has 2 saturated carbocycles. The van der Waals surface area contributed by atoms with Crippen molar-refractivity contribution in [2.75, 3.05) is 6.54 Å². The first-order valence-electron chi connectivity index (χ1n) is 11.9. The van der Waals surface area contributed by atoms with Crippen LogP contribution in [0.15, 0.2) is 12.1 Å². The summed E-state index contributed by atoms with van der Waals surface area (Å²) in [5.74, 6) is 1.79. The zero-order chi connectivity index (χ0) is 20.4. The van der Waals surface area contributed by atoms with Gasteiger partial charge in [0.1, 0.15) is 5.75 Å². The second kappa shape index (κ2) is 6.96. The topological polar surface area (TPSA) is 72.7 Å². The van der Waals surface area contributed by atoms with E-state index in [4.69, 9.17) is 0 Å². The molecule has 29 heavy (non-hydrogen) atoms. The summed E-state index contributed by atoms with van der Waals surface area (Å²) in [6, 6.07) is 3.91. The molecule has 2 bridgehead atoms. The Balaban J connectivity index is 1.58. The molecule has 1 aliphatic heterocycles. The van der Waals surface area contributed by atoms with E-state index in [1.54, 1.807) is 0 Å². The maximum Gasteiger partial charge on any atom is 0.116 e. The monoisotopic (exact) mass is 399 g/mol. The summed E-state index contributed by atoms with van der Waals surface area (Å²) >= 11 is 0. The zero-order valence-electron chi connectivity index (χ0n) is 18.0. The van der Waals surface area contributed by atoms with Gasteiger partial charge in [-0.15, -0.1) is 0 Å². The number of aliphatic hydroxyl groups excluding tert-OH is 1. The van der Waals surface area contributed by atoms with E-state index < -0.39 is 11.0 Å². The lowest BCUT2D eigenvalue weighted by molar-refractivity contribution is -0.168. The van der Waals surface area contributed by atoms with Crippen LogP contribution in [0.3, 0.4) is 0 Å². The summed E-state index contributed by atoms with van der Waals surface area (Å²) in [5.41, 5.74) is 2.45. The summed E-state index contributed by atoms with van der Waals surface area (Å²) in [6.45, 7) is 5.31. The number of phenols is 1. The molecule has 6 atom stereocenters. The highest BCUT2D eigenvalue weighted by Crippen LogP contribution is 2.59. The molecule has 4 N–H and O–H groups in total. The predicted molar refractivity (Wildman–Crippen MR) is 114 cm³/mol. The van der Waals surface area contributed by atoms with E-state index in [1.807, 2.05) is 12.1 Å². The third kappa shape index (κ3) is 3.05. The van der Waals surface area contributed by atoms with Crippen LogP contribution < -0.4 is 5.32 Å². The van der Waals surface area contributed by atoms with Crippen molar-refractivity contribution in [3.63, 3.8) is 0 Å². The molecule has 0 amide bonds. The maximum absolute atomic E-state index is 12.2. The van der Waals surface area contributed by atoms with Gasteiger partial charge in [0, 0.05) is 11.5 Å². The van der Waals surface area contributed by atoms with Gasteiger partial charge in [0.05, 0.1) is 11.7 Å². The van der Waals surface area contributed by atoms with Crippen LogP contribution in [0, 0.1) is 17.8 Å². The zero-order valence-corrected chi connectivity index (χ0v) is 18.0. The smallest absolute Gasteiger partial charge is 0.116 e. The van der Waals surface area contributed by atoms with Gasteiger partial charge in [-0.25, -0.2) is 0 Å². The Morgan fingerprint density at radius 1 is 1.24 bits per heavy atom. The Bertz CT molecular complexity index is 791. The van der Waals surface area contributed by atoms with Gasteiger partial charge in [0.25, 0.3) is 0 Å². The number of nitrogens with one attached hydrogen (secondary N) is 1. The lowest BCUT2D eigenvalue weighted by Gasteiger charge is -2.63. The molecule has 1 saturated heterocycles. The minimum atomic E-state index is -0.847. The molecule has 0 radical (unpaired) electrons. The van der Waals surface area contributed by atoms with Crippen LogP contribution in [0.25, 0.3) is 0 Å². The summed E-state index contributed by atoms with van der Waals surface area (Å²) < 4.78 is 0. The molecule has 0 aromatic heterocycles. The van der Waals surface area contributed by atoms with Gasteiger partial charge in [-0.1, -0.05) is 20.3 Å². The SMILES string of the molecule is CCC(C)CC1CC2(O)C3Cc4c(CC5CC5)cc(O)cc4C2(CCN3)CC1O. The van der Waals surface area contributed by atoms with Crippen molar-refractivity contribution in [2.45, 2.75) is 94.8 Å². The number of fused-ring (bicyclic) bond motifs is 1. The Labute approximate surface area is 174 Å². The molecule has 4 aliphatic rings. The molecule has 0 spiro atoms. The van der Waals surface area contributed by atoms with Gasteiger partial charge < -0.3 is 20.6 Å². The van der Waals surface area contributed by atoms with Gasteiger partial charge in [0.15, 0.2) is 0 Å². The molecular formula is C25H37NO3. The number of hydrogen-bond donors (Lipinski definition) is 4. The van der Waals surface area contributed by atoms with Crippen molar-refractivity contribution in [3.8, 4) is 5.75 Å². The third-order valence-electron chi connectivity index (χ3n) is 8.88. The van der Waals surface area contributed by atoms with Crippen molar-refractivity contribution in [3.05, 3.63) is 28.8 Å². The summed E-state index contributed by atoms with van der Waals surface area (Å²) in [5, 5.41) is 37.6. The largest absolute Gasteiger partial charge is 0.508 e. The second-order valence-electron chi connectivity index (χ2n) is 10.7. The molecule has 5 rings (SSSR count). The molecule has 6 unspecified atom stereocenters. The first-order chi connectivity index (χ1) is 13.9. The number of aromatic hydroxyl groups is 1. The maximum atomic E-state index is 12.2. The first-order valence-corrected chi connectivity index (χ1v) is 11.9. The van der Waals surface area contributed by atoms with Crippen molar-refractivity contribution in [2.24, 2.45) is 17.8 Å². The van der Waals surface area contributed by atoms with Crippen LogP contribution in [0.5, 0.6) is 5.75 Å². The first kappa shape index (κ1) is 19.8. The van der Waals surface area contributed by atoms with E-state index in [9.17, 15) is 15.3 Å². The van der Waals surface area contributed by atoms with Gasteiger partial charge in [0.2, 0.25) is 0 Å². The van der Waals surface area contributed by atoms with Gasteiger partial charge in [-0.2, -0.15) is 0 Å². The molecular weight excluding hydrogens is 362 g/mol. The van der Waals surface area contributed by atoms with Crippen LogP contribution in [0.4, 0.5) is 0 Å². The third-order valence-corrected chi connectivity index (χ3v) is 8.88. The van der Waals surface area contributed by atoms with E-state index in [0.717, 1.165) is 50.1 Å². The molecule has 4 heteroatoms. The van der Waals surface area contributed by atoms with Crippen LogP contribution in [-0.4, -0.2) is 39.6 Å². The number of phenolic OH excluding ortho intramolecular Hbond substituents is 1. The normalized spacial score (nSPS) is 39.5. The van der Waals surface area contributed by atoms with Crippen molar-refractivity contribution in [1.82, 2.24) is 5.32 Å². The molecule has 3 aliphatic carbocycles. The number of piperidine rings is 1. The van der Waals surface area contributed by atoms with Crippen molar-refractivity contribution in [1.29, 1.82) is 0 Å². The van der Waals surface area contributed by atoms with Gasteiger partial charge in [-0.05, 0) is 104 Å². The second-order valence-corrected chi connectivity index (χ2v) is 10.7. The molecule has 3 fully saturated rings. The van der Waals surface area contributed by atoms with E-state index in [2.05, 4.69) is 19.2 Å². The van der Waals surface area contributed by atoms with Crippen LogP contribution >= 0.6 is 0 Å². The minimum absolute atomic E-state index is 0.0400. The van der Waals surface area contributed by atoms with Crippen molar-refractivity contribution >= 4 is 0 Å². The number of hydrogen-bond acceptors (Lipinski definition) is 4. The van der Waals surface area contributed by atoms with Crippen LogP contribution in [0.2, 0.25) is 0 Å². The molecule has 1 heterocycles. The summed E-state index contributed by atoms with van der Waals surface area (Å²) in [7, 11) is 0. The predicted octanol–water partition coefficient (Wildman–Crippen LogP) is 3.44. The molecule has 1 aromatic carbocycles. The standard InChI is InChI=1S/C25H37NO3/c1-3-15(2)8-18-13-25(29)23-12-20-17(9-16-4-5-16)10-19(27)11-21(20)24(25,6-7-26-23)14-22(18)28/h10-11,15-16,18,22-23,26-29H,3-9,12-14H2,1-2H3. The van der Waals surface area contributed by atoms with Gasteiger partial charge >= 0.3 is 0 Å². The van der Waals surface area contributed by atoms with E-state index in [0.29, 0.717) is 24.5 Å². The highest BCUT2D eigenvalue weighted by molar-refractivity contribution is 5.52. The number of benzene rings is 1. The van der Waals surface area contributed by atoms with Crippen LogP contribution in [0.1, 0.15) is 75.5 Å². The van der Waals surface area contributed by atoms with Crippen molar-refractivity contribution < 1.29 is 15.3 Å². The molecule has 4 nitrogen and oxygen atoms in total. The van der Waals surface area contributed by atoms with E-state index in [-0.39, 0.29) is 18.1 Å². The Hall–Kier alpha value is -1.10. The fourth-order valence-electron chi connectivity index (χ4n) is 6.90. The average molecular weight is 400 g/mol. The van der Waals surface area contributed by atoms with E-state index in [1.165, 1.54) is 24.0 Å². The average Bonchev–Trinajstić information content (AvgIpc) is 3.47. The van der Waals surface area contributed by atoms with Crippen LogP contribution in [-0.2, 0) is 18.3 Å². The van der Waals surface area contributed by atoms with Gasteiger partial charge in [-0.3, -0.25) is 0 Å². The highest BCUT2D eigenvalue weighted by atomic mass is 16.3. The summed E-state index contributed by atoms with van der Waals surface area (Å²) in [4.78, 5) is 0. The Morgan fingerprint density at radius 2 is 2.03 bits per heavy atom. The number of rotatable bonds is 5. The molecule has 1 aromatic rings. The fourth-order valence-corrected chi connectivity index (χ4v) is 6.90. The Morgan fingerprint density at radius 3 is 2.76 bits per heavy atom. The molecule has 160 valence electrons. The number of aliphatic hydroxyl groups is 2. The minimum Gasteiger partial charge on any atom is -0.508 e. The highest BCUT2D eigenvalue weighted by Gasteiger charge is 2.64. The lowest BCUT2D eigenvalue weighted by Crippen LogP contribution is -2.74.